The van der Waals surface area contributed by atoms with E-state index in [1.165, 1.54) is 19.2 Å². The molecule has 1 amide bonds. The van der Waals surface area contributed by atoms with Gasteiger partial charge in [0.1, 0.15) is 5.75 Å². The smallest absolute Gasteiger partial charge is 0.336 e. The van der Waals surface area contributed by atoms with Gasteiger partial charge in [-0.2, -0.15) is 0 Å². The first kappa shape index (κ1) is 29.6. The third-order valence-corrected chi connectivity index (χ3v) is 7.56. The summed E-state index contributed by atoms with van der Waals surface area (Å²) in [4.78, 5) is 42.0. The second kappa shape index (κ2) is 13.3. The maximum absolute atomic E-state index is 13.5. The number of anilines is 1. The van der Waals surface area contributed by atoms with E-state index in [-0.39, 0.29) is 17.2 Å². The molecular weight excluding hydrogens is 526 g/mol. The van der Waals surface area contributed by atoms with Crippen LogP contribution in [0.25, 0.3) is 0 Å². The highest BCUT2D eigenvalue weighted by Gasteiger charge is 2.37. The van der Waals surface area contributed by atoms with Crippen LogP contribution in [0.15, 0.2) is 71.1 Å². The number of benzene rings is 2. The summed E-state index contributed by atoms with van der Waals surface area (Å²) in [7, 11) is 2.96. The number of ether oxygens (including phenoxy) is 2. The summed E-state index contributed by atoms with van der Waals surface area (Å²) in [6, 6.07) is 14.0. The Balaban J connectivity index is 1.40. The monoisotopic (exact) mass is 563 g/mol. The van der Waals surface area contributed by atoms with E-state index in [0.29, 0.717) is 29.1 Å². The van der Waals surface area contributed by atoms with Gasteiger partial charge in [0.15, 0.2) is 0 Å². The van der Waals surface area contributed by atoms with Gasteiger partial charge in [0.2, 0.25) is 5.91 Å². The molecule has 2 aliphatic heterocycles. The predicted octanol–water partition coefficient (Wildman–Crippen LogP) is 3.34. The Kier molecular flexibility index (Phi) is 9.61. The van der Waals surface area contributed by atoms with Crippen LogP contribution in [0, 0.1) is 10.1 Å². The maximum Gasteiger partial charge on any atom is 0.336 e. The van der Waals surface area contributed by atoms with Gasteiger partial charge < -0.3 is 25.0 Å². The molecule has 0 aliphatic carbocycles. The molecule has 41 heavy (non-hydrogen) atoms. The van der Waals surface area contributed by atoms with Crippen LogP contribution in [-0.2, 0) is 14.3 Å². The first-order valence-electron chi connectivity index (χ1n) is 13.6. The van der Waals surface area contributed by atoms with Gasteiger partial charge in [-0.3, -0.25) is 19.8 Å². The van der Waals surface area contributed by atoms with Crippen molar-refractivity contribution in [1.29, 1.82) is 0 Å². The Labute approximate surface area is 239 Å². The van der Waals surface area contributed by atoms with E-state index >= 15 is 0 Å². The summed E-state index contributed by atoms with van der Waals surface area (Å²) in [5, 5.41) is 17.6. The summed E-state index contributed by atoms with van der Waals surface area (Å²) in [6.45, 7) is 8.34. The molecule has 1 saturated heterocycles. The van der Waals surface area contributed by atoms with E-state index in [1.807, 2.05) is 18.2 Å². The quantitative estimate of drug-likeness (QED) is 0.194. The number of carbonyl (C=O) groups excluding carboxylic acids is 2. The third kappa shape index (κ3) is 6.68. The van der Waals surface area contributed by atoms with E-state index in [4.69, 9.17) is 9.47 Å². The van der Waals surface area contributed by atoms with Gasteiger partial charge in [0, 0.05) is 61.8 Å². The number of nitrogens with one attached hydrogen (secondary N) is 2. The van der Waals surface area contributed by atoms with Gasteiger partial charge in [-0.05, 0) is 44.5 Å². The second-order valence-corrected chi connectivity index (χ2v) is 10.1. The van der Waals surface area contributed by atoms with E-state index in [0.717, 1.165) is 50.6 Å². The molecule has 2 aliphatic rings. The van der Waals surface area contributed by atoms with Crippen LogP contribution in [0.2, 0.25) is 0 Å². The van der Waals surface area contributed by atoms with E-state index in [2.05, 4.69) is 26.5 Å². The Morgan fingerprint density at radius 1 is 1.02 bits per heavy atom. The van der Waals surface area contributed by atoms with Crippen molar-refractivity contribution >= 4 is 23.3 Å². The molecule has 0 spiro atoms. The van der Waals surface area contributed by atoms with Crippen LogP contribution in [0.1, 0.15) is 31.7 Å². The molecule has 218 valence electrons. The van der Waals surface area contributed by atoms with Gasteiger partial charge in [-0.1, -0.05) is 24.3 Å². The number of allylic oxidation sites excluding steroid dienone is 2. The summed E-state index contributed by atoms with van der Waals surface area (Å²) >= 11 is 0. The summed E-state index contributed by atoms with van der Waals surface area (Å²) in [5.74, 6) is -0.876. The predicted molar refractivity (Wildman–Crippen MR) is 156 cm³/mol. The number of methoxy groups -OCH3 is 2. The topological polar surface area (TPSA) is 126 Å². The highest BCUT2D eigenvalue weighted by molar-refractivity contribution is 6.02. The largest absolute Gasteiger partial charge is 0.495 e. The fraction of sp³-hybridized carbons (Fsp3) is 0.400. The van der Waals surface area contributed by atoms with Crippen molar-refractivity contribution in [2.45, 2.75) is 26.2 Å². The lowest BCUT2D eigenvalue weighted by molar-refractivity contribution is -0.384. The third-order valence-electron chi connectivity index (χ3n) is 7.56. The number of non-ortho nitro benzene ring substituents is 1. The van der Waals surface area contributed by atoms with Gasteiger partial charge >= 0.3 is 5.97 Å². The van der Waals surface area contributed by atoms with Crippen molar-refractivity contribution < 1.29 is 24.0 Å². The second-order valence-electron chi connectivity index (χ2n) is 10.1. The van der Waals surface area contributed by atoms with Crippen molar-refractivity contribution in [3.63, 3.8) is 0 Å². The van der Waals surface area contributed by atoms with Gasteiger partial charge in [-0.25, -0.2) is 4.79 Å². The zero-order valence-corrected chi connectivity index (χ0v) is 23.9. The van der Waals surface area contributed by atoms with Crippen LogP contribution in [0.3, 0.4) is 0 Å². The number of esters is 1. The lowest BCUT2D eigenvalue weighted by atomic mass is 9.80. The highest BCUT2D eigenvalue weighted by Crippen LogP contribution is 2.39. The number of para-hydroxylation sites is 2. The maximum atomic E-state index is 13.5. The molecule has 1 fully saturated rings. The minimum absolute atomic E-state index is 0.119. The summed E-state index contributed by atoms with van der Waals surface area (Å²) in [5.41, 5.74) is 3.15. The Morgan fingerprint density at radius 3 is 2.41 bits per heavy atom. The zero-order valence-electron chi connectivity index (χ0n) is 23.9. The fourth-order valence-corrected chi connectivity index (χ4v) is 5.53. The Hall–Kier alpha value is -4.38. The molecule has 2 N–H and O–H groups in total. The molecule has 0 radical (unpaired) electrons. The average molecular weight is 564 g/mol. The van der Waals surface area contributed by atoms with Crippen LogP contribution >= 0.6 is 0 Å². The number of hydrogen-bond acceptors (Lipinski definition) is 9. The SMILES string of the molecule is COC(=O)C1=C(C)NC(C)=C(C(=O)NCCCN2CCN(c3ccccc3OC)CC2)[C@H]1c1cccc([N+](=O)[O-])c1. The molecule has 4 rings (SSSR count). The van der Waals surface area contributed by atoms with Crippen LogP contribution in [0.5, 0.6) is 5.75 Å². The van der Waals surface area contributed by atoms with E-state index < -0.39 is 16.8 Å². The van der Waals surface area contributed by atoms with E-state index in [9.17, 15) is 19.7 Å². The molecule has 0 aromatic heterocycles. The summed E-state index contributed by atoms with van der Waals surface area (Å²) in [6.07, 6.45) is 0.750. The van der Waals surface area contributed by atoms with Gasteiger partial charge in [0.05, 0.1) is 36.3 Å². The minimum atomic E-state index is -0.813. The molecule has 0 bridgehead atoms. The molecule has 0 saturated carbocycles. The molecular formula is C30H37N5O6. The van der Waals surface area contributed by atoms with Gasteiger partial charge in [0.25, 0.3) is 5.69 Å². The number of nitro benzene ring substituents is 1. The van der Waals surface area contributed by atoms with Crippen molar-refractivity contribution in [2.24, 2.45) is 0 Å². The van der Waals surface area contributed by atoms with Gasteiger partial charge in [-0.15, -0.1) is 0 Å². The number of piperazine rings is 1. The lowest BCUT2D eigenvalue weighted by Crippen LogP contribution is -2.47. The van der Waals surface area contributed by atoms with Crippen molar-refractivity contribution in [1.82, 2.24) is 15.5 Å². The number of hydrogen-bond donors (Lipinski definition) is 2. The standard InChI is InChI=1S/C30H37N5O6/c1-20-26(28(27(21(2)32-20)30(37)41-4)22-9-7-10-23(19-22)35(38)39)29(36)31-13-8-14-33-15-17-34(18-16-33)24-11-5-6-12-25(24)40-3/h5-7,9-12,19,28,32H,8,13-18H2,1-4H3,(H,31,36)/t28-/m1/s1. The molecule has 2 aromatic rings. The van der Waals surface area contributed by atoms with Crippen LogP contribution in [-0.4, -0.2) is 75.2 Å². The minimum Gasteiger partial charge on any atom is -0.495 e. The Morgan fingerprint density at radius 2 is 1.73 bits per heavy atom. The van der Waals surface area contributed by atoms with Crippen LogP contribution < -0.4 is 20.3 Å². The first-order chi connectivity index (χ1) is 19.7. The molecule has 2 aromatic carbocycles. The number of carbonyl (C=O) groups is 2. The van der Waals surface area contributed by atoms with Crippen molar-refractivity contribution in [2.75, 3.05) is 58.4 Å². The first-order valence-corrected chi connectivity index (χ1v) is 13.6. The molecule has 11 heteroatoms. The summed E-state index contributed by atoms with van der Waals surface area (Å²) < 4.78 is 10.5. The highest BCUT2D eigenvalue weighted by atomic mass is 16.6. The van der Waals surface area contributed by atoms with Crippen molar-refractivity contribution in [3.8, 4) is 5.75 Å². The molecule has 0 unspecified atom stereocenters. The lowest BCUT2D eigenvalue weighted by Gasteiger charge is -2.36. The average Bonchev–Trinajstić information content (AvgIpc) is 2.98. The number of nitrogens with zero attached hydrogens (tertiary/aromatic N) is 3. The normalized spacial score (nSPS) is 17.7. The zero-order chi connectivity index (χ0) is 29.5. The number of amides is 1. The molecule has 11 nitrogen and oxygen atoms in total. The van der Waals surface area contributed by atoms with E-state index in [1.54, 1.807) is 33.1 Å². The number of rotatable bonds is 10. The molecule has 2 heterocycles. The number of dihydropyridines is 1. The molecule has 1 atom stereocenters. The fourth-order valence-electron chi connectivity index (χ4n) is 5.53. The Bertz CT molecular complexity index is 1360. The van der Waals surface area contributed by atoms with Crippen molar-refractivity contribution in [3.05, 3.63) is 86.7 Å². The number of nitro groups is 1. The van der Waals surface area contributed by atoms with Crippen LogP contribution in [0.4, 0.5) is 11.4 Å².